The molecule has 0 radical (unpaired) electrons. The van der Waals surface area contributed by atoms with Crippen LogP contribution in [0.25, 0.3) is 0 Å². The van der Waals surface area contributed by atoms with Gasteiger partial charge in [-0.2, -0.15) is 0 Å². The van der Waals surface area contributed by atoms with Crippen LogP contribution < -0.4 is 0 Å². The van der Waals surface area contributed by atoms with Gasteiger partial charge in [-0.15, -0.1) is 0 Å². The van der Waals surface area contributed by atoms with Crippen molar-refractivity contribution in [1.82, 2.24) is 0 Å². The standard InChI is InChI=1S/C8H8Br2O3/c9-5-1-3-4(2-6(5)10)8(12)13-7(3)11/h3-6H,1-2H2/t3-,4-,5-,6+/m0/s1. The molecule has 0 spiro atoms. The minimum absolute atomic E-state index is 0.217. The van der Waals surface area contributed by atoms with Gasteiger partial charge in [-0.3, -0.25) is 9.59 Å². The van der Waals surface area contributed by atoms with E-state index in [2.05, 4.69) is 36.6 Å². The minimum Gasteiger partial charge on any atom is -0.393 e. The second kappa shape index (κ2) is 3.35. The number of halogens is 2. The van der Waals surface area contributed by atoms with E-state index >= 15 is 0 Å². The Kier molecular flexibility index (Phi) is 2.49. The Morgan fingerprint density at radius 2 is 1.38 bits per heavy atom. The molecule has 1 saturated heterocycles. The number of esters is 2. The van der Waals surface area contributed by atoms with Crippen LogP contribution in [0.5, 0.6) is 0 Å². The van der Waals surface area contributed by atoms with Crippen LogP contribution in [0.3, 0.4) is 0 Å². The van der Waals surface area contributed by atoms with Gasteiger partial charge in [0.15, 0.2) is 0 Å². The Morgan fingerprint density at radius 1 is 1.00 bits per heavy atom. The molecule has 2 rings (SSSR count). The first-order valence-electron chi connectivity index (χ1n) is 4.13. The molecule has 0 aromatic carbocycles. The summed E-state index contributed by atoms with van der Waals surface area (Å²) in [7, 11) is 0. The van der Waals surface area contributed by atoms with E-state index in [4.69, 9.17) is 0 Å². The molecule has 0 bridgehead atoms. The van der Waals surface area contributed by atoms with Crippen molar-refractivity contribution in [2.45, 2.75) is 22.5 Å². The third kappa shape index (κ3) is 1.56. The zero-order valence-corrected chi connectivity index (χ0v) is 9.88. The molecule has 2 aliphatic rings. The largest absolute Gasteiger partial charge is 0.393 e. The van der Waals surface area contributed by atoms with Gasteiger partial charge in [0.2, 0.25) is 0 Å². The topological polar surface area (TPSA) is 43.4 Å². The Hall–Kier alpha value is 0.1000. The van der Waals surface area contributed by atoms with Crippen LogP contribution in [0.4, 0.5) is 0 Å². The SMILES string of the molecule is O=C1OC(=O)[C@H]2C[C@H](Br)[C@H](Br)C[C@H]12. The van der Waals surface area contributed by atoms with Gasteiger partial charge >= 0.3 is 11.9 Å². The summed E-state index contributed by atoms with van der Waals surface area (Å²) < 4.78 is 4.59. The number of carbonyl (C=O) groups excluding carboxylic acids is 2. The van der Waals surface area contributed by atoms with Gasteiger partial charge in [0.1, 0.15) is 0 Å². The molecule has 1 heterocycles. The number of alkyl halides is 2. The summed E-state index contributed by atoms with van der Waals surface area (Å²) in [6.45, 7) is 0. The smallest absolute Gasteiger partial charge is 0.317 e. The molecular formula is C8H8Br2O3. The third-order valence-corrected chi connectivity index (χ3v) is 5.38. The first-order chi connectivity index (χ1) is 6.09. The molecule has 5 heteroatoms. The summed E-state index contributed by atoms with van der Waals surface area (Å²) >= 11 is 6.94. The average Bonchev–Trinajstić information content (AvgIpc) is 2.31. The van der Waals surface area contributed by atoms with E-state index in [-0.39, 0.29) is 33.4 Å². The molecule has 1 aliphatic carbocycles. The van der Waals surface area contributed by atoms with Crippen molar-refractivity contribution in [1.29, 1.82) is 0 Å². The highest BCUT2D eigenvalue weighted by molar-refractivity contribution is 9.12. The normalized spacial score (nSPS) is 44.5. The summed E-state index contributed by atoms with van der Waals surface area (Å²) in [4.78, 5) is 22.9. The molecule has 0 aromatic rings. The second-order valence-electron chi connectivity index (χ2n) is 3.46. The molecule has 2 fully saturated rings. The molecule has 0 unspecified atom stereocenters. The fourth-order valence-corrected chi connectivity index (χ4v) is 3.12. The van der Waals surface area contributed by atoms with Crippen LogP contribution in [-0.4, -0.2) is 21.6 Å². The van der Waals surface area contributed by atoms with Gasteiger partial charge in [-0.05, 0) is 12.8 Å². The predicted octanol–water partition coefficient (Wildman–Crippen LogP) is 1.62. The van der Waals surface area contributed by atoms with E-state index in [0.717, 1.165) is 0 Å². The molecular weight excluding hydrogens is 304 g/mol. The predicted molar refractivity (Wildman–Crippen MR) is 52.7 cm³/mol. The molecule has 0 amide bonds. The van der Waals surface area contributed by atoms with Crippen LogP contribution in [0.15, 0.2) is 0 Å². The number of cyclic esters (lactones) is 2. The van der Waals surface area contributed by atoms with Crippen LogP contribution in [0.2, 0.25) is 0 Å². The highest BCUT2D eigenvalue weighted by atomic mass is 79.9. The maximum Gasteiger partial charge on any atom is 0.317 e. The number of hydrogen-bond donors (Lipinski definition) is 0. The molecule has 1 aliphatic heterocycles. The summed E-state index contributed by atoms with van der Waals surface area (Å²) in [5.74, 6) is -1.13. The molecule has 13 heavy (non-hydrogen) atoms. The van der Waals surface area contributed by atoms with E-state index in [1.165, 1.54) is 0 Å². The molecule has 1 saturated carbocycles. The molecule has 0 N–H and O–H groups in total. The van der Waals surface area contributed by atoms with Crippen molar-refractivity contribution >= 4 is 43.8 Å². The fraction of sp³-hybridized carbons (Fsp3) is 0.750. The van der Waals surface area contributed by atoms with Gasteiger partial charge in [-0.25, -0.2) is 0 Å². The fourth-order valence-electron chi connectivity index (χ4n) is 1.88. The maximum atomic E-state index is 11.2. The molecule has 4 atom stereocenters. The van der Waals surface area contributed by atoms with Crippen molar-refractivity contribution in [3.63, 3.8) is 0 Å². The van der Waals surface area contributed by atoms with Crippen LogP contribution in [-0.2, 0) is 14.3 Å². The van der Waals surface area contributed by atoms with E-state index in [1.54, 1.807) is 0 Å². The highest BCUT2D eigenvalue weighted by Gasteiger charge is 2.49. The lowest BCUT2D eigenvalue weighted by atomic mass is 9.81. The lowest BCUT2D eigenvalue weighted by Crippen LogP contribution is -2.34. The van der Waals surface area contributed by atoms with Crippen LogP contribution in [0, 0.1) is 11.8 Å². The monoisotopic (exact) mass is 310 g/mol. The number of carbonyl (C=O) groups is 2. The van der Waals surface area contributed by atoms with E-state index in [0.29, 0.717) is 12.8 Å². The van der Waals surface area contributed by atoms with Gasteiger partial charge in [-0.1, -0.05) is 31.9 Å². The van der Waals surface area contributed by atoms with Gasteiger partial charge in [0.05, 0.1) is 11.8 Å². The number of fused-ring (bicyclic) bond motifs is 1. The van der Waals surface area contributed by atoms with E-state index in [1.807, 2.05) is 0 Å². The summed E-state index contributed by atoms with van der Waals surface area (Å²) in [6.07, 6.45) is 1.37. The van der Waals surface area contributed by atoms with E-state index < -0.39 is 0 Å². The highest BCUT2D eigenvalue weighted by Crippen LogP contribution is 2.41. The van der Waals surface area contributed by atoms with Gasteiger partial charge in [0, 0.05) is 9.65 Å². The summed E-state index contributed by atoms with van der Waals surface area (Å²) in [5, 5.41) is 0. The Morgan fingerprint density at radius 3 is 1.77 bits per heavy atom. The van der Waals surface area contributed by atoms with Crippen molar-refractivity contribution in [3.8, 4) is 0 Å². The zero-order valence-electron chi connectivity index (χ0n) is 6.70. The van der Waals surface area contributed by atoms with Crippen molar-refractivity contribution in [3.05, 3.63) is 0 Å². The van der Waals surface area contributed by atoms with Crippen molar-refractivity contribution in [2.75, 3.05) is 0 Å². The lowest BCUT2D eigenvalue weighted by Gasteiger charge is -2.28. The number of ether oxygens (including phenoxy) is 1. The molecule has 3 nitrogen and oxygen atoms in total. The third-order valence-electron chi connectivity index (χ3n) is 2.64. The average molecular weight is 312 g/mol. The zero-order chi connectivity index (χ0) is 9.59. The second-order valence-corrected chi connectivity index (χ2v) is 5.81. The Labute approximate surface area is 92.5 Å². The first-order valence-corrected chi connectivity index (χ1v) is 5.96. The van der Waals surface area contributed by atoms with Crippen molar-refractivity contribution < 1.29 is 14.3 Å². The molecule has 0 aromatic heterocycles. The van der Waals surface area contributed by atoms with Crippen molar-refractivity contribution in [2.24, 2.45) is 11.8 Å². The van der Waals surface area contributed by atoms with E-state index in [9.17, 15) is 9.59 Å². The Bertz CT molecular complexity index is 240. The van der Waals surface area contributed by atoms with Gasteiger partial charge in [0.25, 0.3) is 0 Å². The molecule has 72 valence electrons. The Balaban J connectivity index is 2.19. The van der Waals surface area contributed by atoms with Crippen LogP contribution in [0.1, 0.15) is 12.8 Å². The number of rotatable bonds is 0. The summed E-state index contributed by atoms with van der Waals surface area (Å²) in [5.41, 5.74) is 0. The first kappa shape index (κ1) is 9.65. The van der Waals surface area contributed by atoms with Gasteiger partial charge < -0.3 is 4.74 Å². The minimum atomic E-state index is -0.348. The number of hydrogen-bond acceptors (Lipinski definition) is 3. The quantitative estimate of drug-likeness (QED) is 0.388. The maximum absolute atomic E-state index is 11.2. The lowest BCUT2D eigenvalue weighted by molar-refractivity contribution is -0.153. The summed E-state index contributed by atoms with van der Waals surface area (Å²) in [6, 6.07) is 0. The van der Waals surface area contributed by atoms with Crippen LogP contribution >= 0.6 is 31.9 Å².